The maximum absolute atomic E-state index is 9.41. The Morgan fingerprint density at radius 3 is 2.00 bits per heavy atom. The summed E-state index contributed by atoms with van der Waals surface area (Å²) in [5, 5.41) is 12.7. The van der Waals surface area contributed by atoms with Crippen molar-refractivity contribution < 1.29 is 5.11 Å². The number of nitrogens with one attached hydrogen (secondary N) is 1. The summed E-state index contributed by atoms with van der Waals surface area (Å²) in [5.41, 5.74) is 0. The van der Waals surface area contributed by atoms with Crippen LogP contribution in [0, 0.1) is 11.8 Å². The Kier molecular flexibility index (Phi) is 2.09. The van der Waals surface area contributed by atoms with Crippen molar-refractivity contribution in [2.24, 2.45) is 11.8 Å². The first-order chi connectivity index (χ1) is 4.22. The lowest BCUT2D eigenvalue weighted by atomic mass is 9.90. The zero-order valence-electron chi connectivity index (χ0n) is 6.09. The molecule has 1 rings (SSSR count). The predicted molar refractivity (Wildman–Crippen MR) is 37.2 cm³/mol. The van der Waals surface area contributed by atoms with Crippen LogP contribution in [0.25, 0.3) is 0 Å². The van der Waals surface area contributed by atoms with E-state index in [0.717, 1.165) is 13.1 Å². The van der Waals surface area contributed by atoms with E-state index in [2.05, 4.69) is 19.2 Å². The molecular formula is C7H15NO. The molecule has 0 aromatic carbocycles. The molecule has 2 nitrogen and oxygen atoms in total. The van der Waals surface area contributed by atoms with E-state index in [1.54, 1.807) is 0 Å². The largest absolute Gasteiger partial charge is 0.392 e. The standard InChI is InChI=1S/C7H15NO/c1-5-3-8-4-6(2)7(5)9/h5-9H,3-4H2,1-2H3/t5-,6?,7?/m1/s1. The summed E-state index contributed by atoms with van der Waals surface area (Å²) < 4.78 is 0. The van der Waals surface area contributed by atoms with E-state index in [-0.39, 0.29) is 6.10 Å². The number of aliphatic hydroxyl groups is 1. The van der Waals surface area contributed by atoms with Crippen LogP contribution in [-0.2, 0) is 0 Å². The van der Waals surface area contributed by atoms with Crippen molar-refractivity contribution in [3.8, 4) is 0 Å². The van der Waals surface area contributed by atoms with E-state index in [0.29, 0.717) is 11.8 Å². The second kappa shape index (κ2) is 2.67. The maximum Gasteiger partial charge on any atom is 0.0615 e. The Bertz CT molecular complexity index is 84.9. The minimum Gasteiger partial charge on any atom is -0.392 e. The molecule has 0 bridgehead atoms. The van der Waals surface area contributed by atoms with Gasteiger partial charge in [0, 0.05) is 13.1 Å². The highest BCUT2D eigenvalue weighted by atomic mass is 16.3. The van der Waals surface area contributed by atoms with Crippen LogP contribution in [0.1, 0.15) is 13.8 Å². The molecule has 1 aliphatic heterocycles. The Labute approximate surface area is 56.3 Å². The molecule has 0 saturated carbocycles. The van der Waals surface area contributed by atoms with Crippen LogP contribution in [0.15, 0.2) is 0 Å². The van der Waals surface area contributed by atoms with E-state index in [1.807, 2.05) is 0 Å². The van der Waals surface area contributed by atoms with Gasteiger partial charge in [0.05, 0.1) is 6.10 Å². The van der Waals surface area contributed by atoms with Crippen LogP contribution in [0.4, 0.5) is 0 Å². The molecule has 9 heavy (non-hydrogen) atoms. The van der Waals surface area contributed by atoms with Gasteiger partial charge in [-0.1, -0.05) is 13.8 Å². The SMILES string of the molecule is CC1CNC[C@@H](C)C1O. The second-order valence-corrected chi connectivity index (χ2v) is 3.10. The third-order valence-corrected chi connectivity index (χ3v) is 2.10. The summed E-state index contributed by atoms with van der Waals surface area (Å²) in [6.45, 7) is 6.08. The van der Waals surface area contributed by atoms with Crippen LogP contribution >= 0.6 is 0 Å². The number of hydrogen-bond donors (Lipinski definition) is 2. The van der Waals surface area contributed by atoms with Crippen molar-refractivity contribution in [3.63, 3.8) is 0 Å². The molecule has 1 aliphatic rings. The number of aliphatic hydroxyl groups excluding tert-OH is 1. The molecule has 0 radical (unpaired) electrons. The molecule has 2 heteroatoms. The minimum absolute atomic E-state index is 0.0914. The Balaban J connectivity index is 2.41. The Hall–Kier alpha value is -0.0800. The van der Waals surface area contributed by atoms with E-state index in [9.17, 15) is 5.11 Å². The summed E-state index contributed by atoms with van der Waals surface area (Å²) in [7, 11) is 0. The lowest BCUT2D eigenvalue weighted by Gasteiger charge is -2.30. The fraction of sp³-hybridized carbons (Fsp3) is 1.00. The molecule has 2 N–H and O–H groups in total. The molecule has 2 unspecified atom stereocenters. The van der Waals surface area contributed by atoms with Crippen LogP contribution in [0.3, 0.4) is 0 Å². The summed E-state index contributed by atoms with van der Waals surface area (Å²) in [5.74, 6) is 0.850. The third-order valence-electron chi connectivity index (χ3n) is 2.10. The maximum atomic E-state index is 9.41. The quantitative estimate of drug-likeness (QED) is 0.490. The number of hydrogen-bond acceptors (Lipinski definition) is 2. The van der Waals surface area contributed by atoms with Crippen LogP contribution in [0.2, 0.25) is 0 Å². The molecular weight excluding hydrogens is 114 g/mol. The van der Waals surface area contributed by atoms with Crippen molar-refractivity contribution in [1.29, 1.82) is 0 Å². The lowest BCUT2D eigenvalue weighted by molar-refractivity contribution is 0.0434. The van der Waals surface area contributed by atoms with E-state index in [1.165, 1.54) is 0 Å². The average molecular weight is 129 g/mol. The molecule has 0 aromatic rings. The van der Waals surface area contributed by atoms with Crippen molar-refractivity contribution in [2.75, 3.05) is 13.1 Å². The normalized spacial score (nSPS) is 45.0. The van der Waals surface area contributed by atoms with Gasteiger partial charge in [0.25, 0.3) is 0 Å². The van der Waals surface area contributed by atoms with Gasteiger partial charge in [0.1, 0.15) is 0 Å². The fourth-order valence-electron chi connectivity index (χ4n) is 1.34. The number of rotatable bonds is 0. The molecule has 1 saturated heterocycles. The fourth-order valence-corrected chi connectivity index (χ4v) is 1.34. The zero-order valence-corrected chi connectivity index (χ0v) is 6.09. The Morgan fingerprint density at radius 2 is 1.67 bits per heavy atom. The summed E-state index contributed by atoms with van der Waals surface area (Å²) in [6, 6.07) is 0. The van der Waals surface area contributed by atoms with Gasteiger partial charge in [-0.25, -0.2) is 0 Å². The van der Waals surface area contributed by atoms with Gasteiger partial charge < -0.3 is 10.4 Å². The van der Waals surface area contributed by atoms with Gasteiger partial charge in [0.15, 0.2) is 0 Å². The third kappa shape index (κ3) is 1.43. The predicted octanol–water partition coefficient (Wildman–Crippen LogP) is 0.223. The highest BCUT2D eigenvalue weighted by Crippen LogP contribution is 2.15. The van der Waals surface area contributed by atoms with Crippen LogP contribution in [0.5, 0.6) is 0 Å². The van der Waals surface area contributed by atoms with E-state index >= 15 is 0 Å². The van der Waals surface area contributed by atoms with Gasteiger partial charge in [-0.3, -0.25) is 0 Å². The lowest BCUT2D eigenvalue weighted by Crippen LogP contribution is -2.44. The van der Waals surface area contributed by atoms with Crippen molar-refractivity contribution in [1.82, 2.24) is 5.32 Å². The van der Waals surface area contributed by atoms with Crippen LogP contribution in [-0.4, -0.2) is 24.3 Å². The molecule has 0 amide bonds. The zero-order chi connectivity index (χ0) is 6.85. The van der Waals surface area contributed by atoms with Gasteiger partial charge in [-0.2, -0.15) is 0 Å². The first-order valence-electron chi connectivity index (χ1n) is 3.60. The molecule has 0 spiro atoms. The smallest absolute Gasteiger partial charge is 0.0615 e. The first kappa shape index (κ1) is 7.03. The Morgan fingerprint density at radius 1 is 1.22 bits per heavy atom. The molecule has 1 heterocycles. The molecule has 1 fully saturated rings. The van der Waals surface area contributed by atoms with Crippen molar-refractivity contribution >= 4 is 0 Å². The molecule has 54 valence electrons. The van der Waals surface area contributed by atoms with Crippen molar-refractivity contribution in [3.05, 3.63) is 0 Å². The average Bonchev–Trinajstić information content (AvgIpc) is 1.83. The van der Waals surface area contributed by atoms with Gasteiger partial charge in [-0.05, 0) is 11.8 Å². The molecule has 0 aromatic heterocycles. The summed E-state index contributed by atoms with van der Waals surface area (Å²) in [6.07, 6.45) is -0.0914. The topological polar surface area (TPSA) is 32.3 Å². The summed E-state index contributed by atoms with van der Waals surface area (Å²) >= 11 is 0. The second-order valence-electron chi connectivity index (χ2n) is 3.10. The van der Waals surface area contributed by atoms with Gasteiger partial charge in [-0.15, -0.1) is 0 Å². The van der Waals surface area contributed by atoms with Crippen LogP contribution < -0.4 is 5.32 Å². The molecule has 0 aliphatic carbocycles. The van der Waals surface area contributed by atoms with Crippen molar-refractivity contribution in [2.45, 2.75) is 20.0 Å². The summed E-state index contributed by atoms with van der Waals surface area (Å²) in [4.78, 5) is 0. The number of piperidine rings is 1. The van der Waals surface area contributed by atoms with Gasteiger partial charge in [0.2, 0.25) is 0 Å². The monoisotopic (exact) mass is 129 g/mol. The highest BCUT2D eigenvalue weighted by molar-refractivity contribution is 4.78. The van der Waals surface area contributed by atoms with E-state index in [4.69, 9.17) is 0 Å². The first-order valence-corrected chi connectivity index (χ1v) is 3.60. The van der Waals surface area contributed by atoms with Gasteiger partial charge >= 0.3 is 0 Å². The minimum atomic E-state index is -0.0914. The highest BCUT2D eigenvalue weighted by Gasteiger charge is 2.24. The molecule has 3 atom stereocenters. The van der Waals surface area contributed by atoms with E-state index < -0.39 is 0 Å².